The Hall–Kier alpha value is -2.94. The van der Waals surface area contributed by atoms with Crippen molar-refractivity contribution in [3.63, 3.8) is 0 Å². The van der Waals surface area contributed by atoms with Crippen molar-refractivity contribution in [2.45, 2.75) is 12.4 Å². The minimum absolute atomic E-state index is 0.0252. The van der Waals surface area contributed by atoms with Gasteiger partial charge in [0.2, 0.25) is 0 Å². The minimum Gasteiger partial charge on any atom is -0.534 e. The summed E-state index contributed by atoms with van der Waals surface area (Å²) in [7, 11) is -1.35. The molecule has 1 aliphatic heterocycles. The van der Waals surface area contributed by atoms with Crippen molar-refractivity contribution in [1.29, 1.82) is 0 Å². The summed E-state index contributed by atoms with van der Waals surface area (Å²) in [5.74, 6) is -2.17. The number of rotatable bonds is 3. The van der Waals surface area contributed by atoms with Crippen molar-refractivity contribution in [3.8, 4) is 5.75 Å². The van der Waals surface area contributed by atoms with Crippen molar-refractivity contribution in [3.05, 3.63) is 53.6 Å². The number of carbonyl (C=O) groups excluding carboxylic acids is 1. The highest BCUT2D eigenvalue weighted by molar-refractivity contribution is 6.47. The number of hydrogen-bond acceptors (Lipinski definition) is 6. The molecule has 2 aromatic rings. The molecule has 0 fully saturated rings. The molecule has 0 aliphatic carbocycles. The van der Waals surface area contributed by atoms with Gasteiger partial charge in [0.15, 0.2) is 0 Å². The lowest BCUT2D eigenvalue weighted by molar-refractivity contribution is 0.0693. The van der Waals surface area contributed by atoms with E-state index in [0.717, 1.165) is 0 Å². The molecule has 0 radical (unpaired) electrons. The summed E-state index contributed by atoms with van der Waals surface area (Å²) in [6.45, 7) is 0. The first-order valence-electron chi connectivity index (χ1n) is 6.82. The van der Waals surface area contributed by atoms with Gasteiger partial charge in [-0.3, -0.25) is 4.79 Å². The molecule has 1 aliphatic rings. The van der Waals surface area contributed by atoms with E-state index in [9.17, 15) is 14.6 Å². The van der Waals surface area contributed by atoms with Crippen molar-refractivity contribution in [1.82, 2.24) is 15.3 Å². The monoisotopic (exact) mass is 313 g/mol. The molecule has 2 heterocycles. The highest BCUT2D eigenvalue weighted by Crippen LogP contribution is 2.30. The van der Waals surface area contributed by atoms with Crippen LogP contribution in [0.25, 0.3) is 0 Å². The Labute approximate surface area is 131 Å². The van der Waals surface area contributed by atoms with Crippen LogP contribution in [0.2, 0.25) is 0 Å². The molecule has 1 atom stereocenters. The molecule has 8 nitrogen and oxygen atoms in total. The molecular formula is C14H12BN3O5. The Kier molecular flexibility index (Phi) is 3.94. The highest BCUT2D eigenvalue weighted by atomic mass is 16.5. The van der Waals surface area contributed by atoms with Gasteiger partial charge < -0.3 is 20.1 Å². The molecule has 0 saturated carbocycles. The highest BCUT2D eigenvalue weighted by Gasteiger charge is 2.37. The predicted molar refractivity (Wildman–Crippen MR) is 79.0 cm³/mol. The van der Waals surface area contributed by atoms with E-state index in [1.807, 2.05) is 0 Å². The lowest BCUT2D eigenvalue weighted by Gasteiger charge is -2.28. The Morgan fingerprint density at radius 1 is 1.30 bits per heavy atom. The number of nitrogens with one attached hydrogen (secondary N) is 1. The number of hydrogen-bond donors (Lipinski definition) is 3. The first kappa shape index (κ1) is 15.0. The molecule has 0 bridgehead atoms. The molecule has 3 rings (SSSR count). The molecular weight excluding hydrogens is 301 g/mol. The van der Waals surface area contributed by atoms with Crippen LogP contribution >= 0.6 is 0 Å². The van der Waals surface area contributed by atoms with E-state index in [4.69, 9.17) is 9.76 Å². The van der Waals surface area contributed by atoms with Gasteiger partial charge >= 0.3 is 13.1 Å². The number of fused-ring (bicyclic) bond motifs is 1. The number of aromatic nitrogens is 2. The first-order valence-corrected chi connectivity index (χ1v) is 6.82. The fraction of sp³-hybridized carbons (Fsp3) is 0.143. The Balaban J connectivity index is 1.81. The molecule has 3 N–H and O–H groups in total. The third kappa shape index (κ3) is 2.99. The fourth-order valence-electron chi connectivity index (χ4n) is 2.38. The van der Waals surface area contributed by atoms with E-state index in [-0.39, 0.29) is 23.3 Å². The van der Waals surface area contributed by atoms with Gasteiger partial charge in [-0.25, -0.2) is 14.8 Å². The summed E-state index contributed by atoms with van der Waals surface area (Å²) in [6, 6.07) is 4.68. The summed E-state index contributed by atoms with van der Waals surface area (Å²) in [5, 5.41) is 21.8. The van der Waals surface area contributed by atoms with E-state index >= 15 is 0 Å². The number of nitrogens with zero attached hydrogens (tertiary/aromatic N) is 2. The van der Waals surface area contributed by atoms with Gasteiger partial charge in [0.1, 0.15) is 12.1 Å². The number of carboxylic acid groups (broad SMARTS) is 1. The summed E-state index contributed by atoms with van der Waals surface area (Å²) in [6.07, 6.45) is 4.26. The Bertz CT molecular complexity index is 755. The number of carboxylic acids is 1. The first-order chi connectivity index (χ1) is 11.1. The molecule has 1 aromatic carbocycles. The Morgan fingerprint density at radius 3 is 2.74 bits per heavy atom. The molecule has 1 amide bonds. The fourth-order valence-corrected chi connectivity index (χ4v) is 2.38. The van der Waals surface area contributed by atoms with Crippen LogP contribution in [0.3, 0.4) is 0 Å². The van der Waals surface area contributed by atoms with Crippen LogP contribution in [0.15, 0.2) is 36.9 Å². The smallest absolute Gasteiger partial charge is 0.534 e. The van der Waals surface area contributed by atoms with Crippen LogP contribution in [0.4, 0.5) is 0 Å². The van der Waals surface area contributed by atoms with Gasteiger partial charge in [-0.1, -0.05) is 12.1 Å². The van der Waals surface area contributed by atoms with Crippen LogP contribution in [0.5, 0.6) is 5.75 Å². The summed E-state index contributed by atoms with van der Waals surface area (Å²) >= 11 is 0. The normalized spacial score (nSPS) is 16.2. The summed E-state index contributed by atoms with van der Waals surface area (Å²) in [5.41, 5.74) is 0.831. The zero-order chi connectivity index (χ0) is 16.4. The minimum atomic E-state index is -1.35. The van der Waals surface area contributed by atoms with Crippen molar-refractivity contribution in [2.75, 3.05) is 0 Å². The van der Waals surface area contributed by atoms with E-state index in [2.05, 4.69) is 15.3 Å². The van der Waals surface area contributed by atoms with Gasteiger partial charge in [-0.05, 0) is 18.1 Å². The van der Waals surface area contributed by atoms with Crippen molar-refractivity contribution in [2.24, 2.45) is 0 Å². The lowest BCUT2D eigenvalue weighted by atomic mass is 9.72. The van der Waals surface area contributed by atoms with Gasteiger partial charge in [-0.15, -0.1) is 0 Å². The Morgan fingerprint density at radius 2 is 2.04 bits per heavy atom. The molecule has 0 saturated heterocycles. The predicted octanol–water partition coefficient (Wildman–Crippen LogP) is -0.0720. The van der Waals surface area contributed by atoms with E-state index in [1.165, 1.54) is 24.8 Å². The SMILES string of the molecule is O=C(NC1Cc2cccc(C(=O)O)c2OB1O)c1cncnc1. The standard InChI is InChI=1S/C14H12BN3O5/c19-13(9-5-16-7-17-6-9)18-11-4-8-2-1-3-10(14(20)21)12(8)23-15(11)22/h1-3,5-7,11,22H,4H2,(H,18,19)(H,20,21). The maximum Gasteiger partial charge on any atom is 0.547 e. The number of aromatic carboxylic acids is 1. The lowest BCUT2D eigenvalue weighted by Crippen LogP contribution is -2.53. The van der Waals surface area contributed by atoms with Crippen LogP contribution in [-0.4, -0.2) is 45.0 Å². The van der Waals surface area contributed by atoms with Gasteiger partial charge in [0.25, 0.3) is 5.91 Å². The van der Waals surface area contributed by atoms with E-state index in [0.29, 0.717) is 5.56 Å². The third-order valence-electron chi connectivity index (χ3n) is 3.49. The number of carbonyl (C=O) groups is 2. The molecule has 9 heteroatoms. The van der Waals surface area contributed by atoms with E-state index < -0.39 is 24.9 Å². The second kappa shape index (κ2) is 6.05. The van der Waals surface area contributed by atoms with Gasteiger partial charge in [0, 0.05) is 12.4 Å². The van der Waals surface area contributed by atoms with E-state index in [1.54, 1.807) is 12.1 Å². The average Bonchev–Trinajstić information content (AvgIpc) is 2.55. The largest absolute Gasteiger partial charge is 0.547 e. The van der Waals surface area contributed by atoms with Gasteiger partial charge in [0.05, 0.1) is 17.1 Å². The maximum atomic E-state index is 12.1. The number of benzene rings is 1. The molecule has 116 valence electrons. The quantitative estimate of drug-likeness (QED) is 0.678. The molecule has 0 spiro atoms. The summed E-state index contributed by atoms with van der Waals surface area (Å²) < 4.78 is 5.30. The van der Waals surface area contributed by atoms with Crippen LogP contribution in [0, 0.1) is 0 Å². The van der Waals surface area contributed by atoms with Crippen LogP contribution in [0.1, 0.15) is 26.3 Å². The zero-order valence-corrected chi connectivity index (χ0v) is 11.8. The second-order valence-electron chi connectivity index (χ2n) is 5.02. The zero-order valence-electron chi connectivity index (χ0n) is 11.8. The third-order valence-corrected chi connectivity index (χ3v) is 3.49. The average molecular weight is 313 g/mol. The topological polar surface area (TPSA) is 122 Å². The second-order valence-corrected chi connectivity index (χ2v) is 5.02. The summed E-state index contributed by atoms with van der Waals surface area (Å²) in [4.78, 5) is 30.8. The molecule has 1 aromatic heterocycles. The molecule has 23 heavy (non-hydrogen) atoms. The maximum absolute atomic E-state index is 12.1. The van der Waals surface area contributed by atoms with Crippen molar-refractivity contribution < 1.29 is 24.4 Å². The van der Waals surface area contributed by atoms with Crippen LogP contribution in [-0.2, 0) is 6.42 Å². The van der Waals surface area contributed by atoms with Gasteiger partial charge in [-0.2, -0.15) is 0 Å². The number of amides is 1. The molecule has 1 unspecified atom stereocenters. The number of para-hydroxylation sites is 1. The van der Waals surface area contributed by atoms with Crippen molar-refractivity contribution >= 4 is 19.0 Å². The van der Waals surface area contributed by atoms with Crippen LogP contribution < -0.4 is 9.97 Å².